The smallest absolute Gasteiger partial charge is 0.143 e. The van der Waals surface area contributed by atoms with E-state index in [0.29, 0.717) is 0 Å². The zero-order chi connectivity index (χ0) is 36.3. The molecule has 1 aromatic heterocycles. The minimum Gasteiger partial charge on any atom is -0.455 e. The number of nitrogens with zero attached hydrogens (tertiary/aromatic N) is 1. The van der Waals surface area contributed by atoms with Crippen molar-refractivity contribution in [2.45, 2.75) is 5.41 Å². The molecular weight excluding hydrogens is 667 g/mol. The first kappa shape index (κ1) is 31.4. The van der Waals surface area contributed by atoms with Crippen LogP contribution in [0.15, 0.2) is 217 Å². The van der Waals surface area contributed by atoms with Gasteiger partial charge in [-0.05, 0) is 86.6 Å². The Labute approximate surface area is 320 Å². The van der Waals surface area contributed by atoms with Gasteiger partial charge < -0.3 is 9.32 Å². The van der Waals surface area contributed by atoms with Crippen molar-refractivity contribution in [3.05, 3.63) is 235 Å². The van der Waals surface area contributed by atoms with Crippen molar-refractivity contribution in [2.24, 2.45) is 0 Å². The Morgan fingerprint density at radius 3 is 1.78 bits per heavy atom. The number of anilines is 3. The fourth-order valence-corrected chi connectivity index (χ4v) is 9.25. The number of rotatable bonds is 6. The van der Waals surface area contributed by atoms with Gasteiger partial charge in [0, 0.05) is 33.3 Å². The number of fused-ring (bicyclic) bond motifs is 8. The third-order valence-corrected chi connectivity index (χ3v) is 11.5. The molecule has 258 valence electrons. The van der Waals surface area contributed by atoms with Gasteiger partial charge in [0.15, 0.2) is 0 Å². The first-order valence-corrected chi connectivity index (χ1v) is 18.9. The van der Waals surface area contributed by atoms with Gasteiger partial charge >= 0.3 is 0 Å². The molecular formula is C53H35NO. The van der Waals surface area contributed by atoms with E-state index < -0.39 is 5.41 Å². The van der Waals surface area contributed by atoms with E-state index in [1.54, 1.807) is 0 Å². The van der Waals surface area contributed by atoms with E-state index in [4.69, 9.17) is 4.42 Å². The summed E-state index contributed by atoms with van der Waals surface area (Å²) in [4.78, 5) is 2.43. The Morgan fingerprint density at radius 2 is 1.04 bits per heavy atom. The zero-order valence-electron chi connectivity index (χ0n) is 30.1. The molecule has 2 heteroatoms. The van der Waals surface area contributed by atoms with Crippen LogP contribution in [-0.4, -0.2) is 0 Å². The molecule has 0 saturated carbocycles. The molecule has 0 amide bonds. The molecule has 0 N–H and O–H groups in total. The average Bonchev–Trinajstić information content (AvgIpc) is 3.80. The normalized spacial score (nSPS) is 12.9. The summed E-state index contributed by atoms with van der Waals surface area (Å²) in [6, 6.07) is 76.8. The van der Waals surface area contributed by atoms with Crippen molar-refractivity contribution in [3.63, 3.8) is 0 Å². The summed E-state index contributed by atoms with van der Waals surface area (Å²) in [6.07, 6.45) is 0. The highest BCUT2D eigenvalue weighted by Gasteiger charge is 2.47. The molecule has 0 unspecified atom stereocenters. The Balaban J connectivity index is 1.21. The quantitative estimate of drug-likeness (QED) is 0.172. The molecule has 1 aliphatic carbocycles. The first-order valence-electron chi connectivity index (χ1n) is 18.9. The molecule has 0 atom stereocenters. The third-order valence-electron chi connectivity index (χ3n) is 11.5. The van der Waals surface area contributed by atoms with E-state index in [2.05, 4.69) is 217 Å². The highest BCUT2D eigenvalue weighted by molar-refractivity contribution is 6.23. The van der Waals surface area contributed by atoms with Crippen LogP contribution in [0.2, 0.25) is 0 Å². The second-order valence-corrected chi connectivity index (χ2v) is 14.4. The molecule has 1 aliphatic rings. The maximum atomic E-state index is 6.82. The van der Waals surface area contributed by atoms with Gasteiger partial charge in [-0.1, -0.05) is 170 Å². The number of para-hydroxylation sites is 1. The number of benzene rings is 9. The van der Waals surface area contributed by atoms with Crippen LogP contribution in [0.5, 0.6) is 0 Å². The molecule has 0 spiro atoms. The summed E-state index contributed by atoms with van der Waals surface area (Å²) >= 11 is 0. The topological polar surface area (TPSA) is 16.4 Å². The lowest BCUT2D eigenvalue weighted by atomic mass is 9.68. The molecule has 11 rings (SSSR count). The molecule has 1 heterocycles. The number of furan rings is 1. The monoisotopic (exact) mass is 701 g/mol. The molecule has 0 radical (unpaired) electrons. The lowest BCUT2D eigenvalue weighted by Gasteiger charge is -2.34. The minimum absolute atomic E-state index is 0.496. The summed E-state index contributed by atoms with van der Waals surface area (Å²) in [5, 5.41) is 4.61. The number of hydrogen-bond donors (Lipinski definition) is 0. The van der Waals surface area contributed by atoms with Crippen LogP contribution in [0.25, 0.3) is 55.0 Å². The van der Waals surface area contributed by atoms with E-state index in [9.17, 15) is 0 Å². The molecule has 55 heavy (non-hydrogen) atoms. The van der Waals surface area contributed by atoms with Crippen molar-refractivity contribution in [2.75, 3.05) is 4.90 Å². The van der Waals surface area contributed by atoms with Crippen molar-refractivity contribution < 1.29 is 4.42 Å². The molecule has 9 aromatic carbocycles. The van der Waals surface area contributed by atoms with Gasteiger partial charge in [0.2, 0.25) is 0 Å². The lowest BCUT2D eigenvalue weighted by Crippen LogP contribution is -2.28. The summed E-state index contributed by atoms with van der Waals surface area (Å²) in [5.74, 6) is 0. The van der Waals surface area contributed by atoms with Crippen LogP contribution in [0, 0.1) is 0 Å². The van der Waals surface area contributed by atoms with Crippen LogP contribution >= 0.6 is 0 Å². The van der Waals surface area contributed by atoms with E-state index in [0.717, 1.165) is 50.1 Å². The van der Waals surface area contributed by atoms with E-state index >= 15 is 0 Å². The van der Waals surface area contributed by atoms with Gasteiger partial charge in [0.1, 0.15) is 11.2 Å². The van der Waals surface area contributed by atoms with E-state index in [1.165, 1.54) is 44.2 Å². The largest absolute Gasteiger partial charge is 0.455 e. The fourth-order valence-electron chi connectivity index (χ4n) is 9.25. The second-order valence-electron chi connectivity index (χ2n) is 14.4. The van der Waals surface area contributed by atoms with Crippen molar-refractivity contribution in [1.29, 1.82) is 0 Å². The second kappa shape index (κ2) is 12.5. The Morgan fingerprint density at radius 1 is 0.418 bits per heavy atom. The Bertz CT molecular complexity index is 2980. The van der Waals surface area contributed by atoms with Crippen molar-refractivity contribution >= 4 is 49.8 Å². The summed E-state index contributed by atoms with van der Waals surface area (Å²) < 4.78 is 6.82. The van der Waals surface area contributed by atoms with Crippen LogP contribution in [0.4, 0.5) is 17.1 Å². The van der Waals surface area contributed by atoms with E-state index in [-0.39, 0.29) is 0 Å². The van der Waals surface area contributed by atoms with Crippen LogP contribution in [0.1, 0.15) is 22.3 Å². The van der Waals surface area contributed by atoms with Crippen molar-refractivity contribution in [3.8, 4) is 22.3 Å². The molecule has 10 aromatic rings. The highest BCUT2D eigenvalue weighted by atomic mass is 16.3. The first-order chi connectivity index (χ1) is 27.3. The maximum absolute atomic E-state index is 6.82. The van der Waals surface area contributed by atoms with Crippen LogP contribution < -0.4 is 4.90 Å². The Hall–Kier alpha value is -7.16. The van der Waals surface area contributed by atoms with Crippen molar-refractivity contribution in [1.82, 2.24) is 0 Å². The van der Waals surface area contributed by atoms with Gasteiger partial charge in [-0.3, -0.25) is 0 Å². The highest BCUT2D eigenvalue weighted by Crippen LogP contribution is 2.59. The predicted octanol–water partition coefficient (Wildman–Crippen LogP) is 14.2. The maximum Gasteiger partial charge on any atom is 0.143 e. The van der Waals surface area contributed by atoms with Crippen LogP contribution in [-0.2, 0) is 5.41 Å². The minimum atomic E-state index is -0.496. The molecule has 0 fully saturated rings. The molecule has 0 aliphatic heterocycles. The predicted molar refractivity (Wildman–Crippen MR) is 229 cm³/mol. The third kappa shape index (κ3) is 4.68. The fraction of sp³-hybridized carbons (Fsp3) is 0.0189. The SMILES string of the molecule is c1ccc(-c2cc3ccccc3c3c2oc2ccc(N(c4ccccc4)c4cccc5c4-c4ccccc4C5(c4ccccc4)c4ccccc4)cc23)cc1. The van der Waals surface area contributed by atoms with Gasteiger partial charge in [0.05, 0.1) is 11.1 Å². The summed E-state index contributed by atoms with van der Waals surface area (Å²) in [7, 11) is 0. The Kier molecular flexibility index (Phi) is 7.11. The summed E-state index contributed by atoms with van der Waals surface area (Å²) in [6.45, 7) is 0. The van der Waals surface area contributed by atoms with Gasteiger partial charge in [0.25, 0.3) is 0 Å². The van der Waals surface area contributed by atoms with Gasteiger partial charge in [-0.2, -0.15) is 0 Å². The number of hydrogen-bond acceptors (Lipinski definition) is 2. The zero-order valence-corrected chi connectivity index (χ0v) is 30.1. The average molecular weight is 702 g/mol. The van der Waals surface area contributed by atoms with E-state index in [1.807, 2.05) is 0 Å². The molecule has 0 saturated heterocycles. The summed E-state index contributed by atoms with van der Waals surface area (Å²) in [5.41, 5.74) is 14.4. The van der Waals surface area contributed by atoms with Gasteiger partial charge in [-0.25, -0.2) is 0 Å². The molecule has 2 nitrogen and oxygen atoms in total. The van der Waals surface area contributed by atoms with Crippen LogP contribution in [0.3, 0.4) is 0 Å². The molecule has 0 bridgehead atoms. The lowest BCUT2D eigenvalue weighted by molar-refractivity contribution is 0.670. The van der Waals surface area contributed by atoms with Gasteiger partial charge in [-0.15, -0.1) is 0 Å². The standard InChI is InChI=1S/C53H35NO/c1-5-18-36(19-6-1)44-34-37-20-13-14-27-42(37)50-45-35-41(32-33-49(45)55-52(44)50)54(40-25-11-4-12-26-40)48-31-17-30-47-51(48)43-28-15-16-29-46(43)53(47,38-21-7-2-8-22-38)39-23-9-3-10-24-39/h1-35H.